The topological polar surface area (TPSA) is 55.6 Å². The van der Waals surface area contributed by atoms with Crippen LogP contribution in [0.4, 0.5) is 0 Å². The fourth-order valence-electron chi connectivity index (χ4n) is 0.687. The Kier molecular flexibility index (Phi) is 6.32. The third-order valence-electron chi connectivity index (χ3n) is 1.38. The molecule has 1 amide bonds. The first-order valence-corrected chi connectivity index (χ1v) is 3.80. The van der Waals surface area contributed by atoms with Gasteiger partial charge in [-0.3, -0.25) is 4.79 Å². The molecule has 0 spiro atoms. The Morgan fingerprint density at radius 3 is 2.83 bits per heavy atom. The van der Waals surface area contributed by atoms with Crippen molar-refractivity contribution in [1.82, 2.24) is 4.90 Å². The highest BCUT2D eigenvalue weighted by Gasteiger charge is 1.93. The number of methoxy groups -OCH3 is 1. The summed E-state index contributed by atoms with van der Waals surface area (Å²) >= 11 is 0. The van der Waals surface area contributed by atoms with E-state index in [1.165, 1.54) is 6.08 Å². The molecule has 2 N–H and O–H groups in total. The van der Waals surface area contributed by atoms with E-state index in [-0.39, 0.29) is 0 Å². The summed E-state index contributed by atoms with van der Waals surface area (Å²) in [4.78, 5) is 12.3. The number of rotatable bonds is 6. The summed E-state index contributed by atoms with van der Waals surface area (Å²) in [7, 11) is 3.61. The van der Waals surface area contributed by atoms with Crippen molar-refractivity contribution in [2.45, 2.75) is 0 Å². The van der Waals surface area contributed by atoms with E-state index in [9.17, 15) is 4.79 Å². The first kappa shape index (κ1) is 11.1. The Balaban J connectivity index is 3.42. The minimum absolute atomic E-state index is 0.407. The van der Waals surface area contributed by atoms with E-state index in [0.717, 1.165) is 6.54 Å². The molecule has 4 nitrogen and oxygen atoms in total. The van der Waals surface area contributed by atoms with Crippen molar-refractivity contribution in [2.75, 3.05) is 33.9 Å². The van der Waals surface area contributed by atoms with E-state index in [2.05, 4.69) is 0 Å². The van der Waals surface area contributed by atoms with Crippen LogP contribution < -0.4 is 5.73 Å². The van der Waals surface area contributed by atoms with Crippen LogP contribution >= 0.6 is 0 Å². The summed E-state index contributed by atoms with van der Waals surface area (Å²) in [5, 5.41) is 0. The van der Waals surface area contributed by atoms with Crippen LogP contribution in [-0.2, 0) is 9.53 Å². The number of carbonyl (C=O) groups is 1. The van der Waals surface area contributed by atoms with E-state index < -0.39 is 5.91 Å². The molecule has 0 bridgehead atoms. The summed E-state index contributed by atoms with van der Waals surface area (Å²) in [6.07, 6.45) is 3.10. The predicted octanol–water partition coefficient (Wildman–Crippen LogP) is -0.394. The summed E-state index contributed by atoms with van der Waals surface area (Å²) in [6.45, 7) is 2.26. The molecule has 12 heavy (non-hydrogen) atoms. The highest BCUT2D eigenvalue weighted by Crippen LogP contribution is 1.83. The Labute approximate surface area is 73.0 Å². The normalized spacial score (nSPS) is 11.2. The number of amides is 1. The standard InChI is InChI=1S/C8H16N2O2/c1-10(6-7-12-2)5-3-4-8(9)11/h3-4H,5-7H2,1-2H3,(H2,9,11). The molecule has 0 radical (unpaired) electrons. The largest absolute Gasteiger partial charge is 0.383 e. The Morgan fingerprint density at radius 2 is 2.33 bits per heavy atom. The number of hydrogen-bond donors (Lipinski definition) is 1. The van der Waals surface area contributed by atoms with Gasteiger partial charge in [-0.15, -0.1) is 0 Å². The van der Waals surface area contributed by atoms with Crippen molar-refractivity contribution in [3.63, 3.8) is 0 Å². The maximum atomic E-state index is 10.3. The zero-order valence-corrected chi connectivity index (χ0v) is 7.62. The lowest BCUT2D eigenvalue weighted by atomic mass is 10.4. The quantitative estimate of drug-likeness (QED) is 0.555. The third-order valence-corrected chi connectivity index (χ3v) is 1.38. The second-order valence-electron chi connectivity index (χ2n) is 2.56. The first-order chi connectivity index (χ1) is 5.66. The minimum Gasteiger partial charge on any atom is -0.383 e. The lowest BCUT2D eigenvalue weighted by molar-refractivity contribution is -0.113. The molecule has 0 aromatic rings. The molecule has 0 heterocycles. The Morgan fingerprint density at radius 1 is 1.67 bits per heavy atom. The Hall–Kier alpha value is -0.870. The average Bonchev–Trinajstić information content (AvgIpc) is 2.00. The summed E-state index contributed by atoms with van der Waals surface area (Å²) in [5.41, 5.74) is 4.91. The number of hydrogen-bond acceptors (Lipinski definition) is 3. The van der Waals surface area contributed by atoms with Gasteiger partial charge in [0.15, 0.2) is 0 Å². The monoisotopic (exact) mass is 172 g/mol. The summed E-state index contributed by atoms with van der Waals surface area (Å²) in [5.74, 6) is -0.407. The van der Waals surface area contributed by atoms with Gasteiger partial charge in [-0.1, -0.05) is 6.08 Å². The summed E-state index contributed by atoms with van der Waals surface area (Å²) in [6, 6.07) is 0. The number of likely N-dealkylation sites (N-methyl/N-ethyl adjacent to an activating group) is 1. The second-order valence-corrected chi connectivity index (χ2v) is 2.56. The molecule has 0 aliphatic heterocycles. The number of ether oxygens (including phenoxy) is 1. The minimum atomic E-state index is -0.407. The number of nitrogens with zero attached hydrogens (tertiary/aromatic N) is 1. The van der Waals surface area contributed by atoms with Gasteiger partial charge in [0.05, 0.1) is 6.61 Å². The molecule has 0 unspecified atom stereocenters. The molecule has 0 aromatic heterocycles. The van der Waals surface area contributed by atoms with Crippen LogP contribution in [-0.4, -0.2) is 44.7 Å². The van der Waals surface area contributed by atoms with E-state index in [0.29, 0.717) is 13.2 Å². The highest BCUT2D eigenvalue weighted by molar-refractivity contribution is 5.85. The SMILES string of the molecule is COCCN(C)CC=CC(N)=O. The van der Waals surface area contributed by atoms with Gasteiger partial charge < -0.3 is 15.4 Å². The number of carbonyl (C=O) groups excluding carboxylic acids is 1. The van der Waals surface area contributed by atoms with Crippen LogP contribution in [0.5, 0.6) is 0 Å². The fourth-order valence-corrected chi connectivity index (χ4v) is 0.687. The van der Waals surface area contributed by atoms with Gasteiger partial charge in [0.2, 0.25) is 5.91 Å². The number of nitrogens with two attached hydrogens (primary N) is 1. The van der Waals surface area contributed by atoms with Crippen LogP contribution in [0, 0.1) is 0 Å². The molecule has 0 aliphatic carbocycles. The van der Waals surface area contributed by atoms with Crippen molar-refractivity contribution >= 4 is 5.91 Å². The molecular formula is C8H16N2O2. The third kappa shape index (κ3) is 7.24. The van der Waals surface area contributed by atoms with Gasteiger partial charge in [0.1, 0.15) is 0 Å². The van der Waals surface area contributed by atoms with Crippen LogP contribution in [0.1, 0.15) is 0 Å². The smallest absolute Gasteiger partial charge is 0.241 e. The van der Waals surface area contributed by atoms with Crippen molar-refractivity contribution < 1.29 is 9.53 Å². The van der Waals surface area contributed by atoms with E-state index in [4.69, 9.17) is 10.5 Å². The molecular weight excluding hydrogens is 156 g/mol. The lowest BCUT2D eigenvalue weighted by Gasteiger charge is -2.12. The molecule has 0 saturated heterocycles. The second kappa shape index (κ2) is 6.82. The van der Waals surface area contributed by atoms with Gasteiger partial charge in [-0.2, -0.15) is 0 Å². The van der Waals surface area contributed by atoms with Crippen molar-refractivity contribution in [3.05, 3.63) is 12.2 Å². The maximum Gasteiger partial charge on any atom is 0.241 e. The molecule has 70 valence electrons. The molecule has 0 rings (SSSR count). The number of primary amides is 1. The van der Waals surface area contributed by atoms with E-state index >= 15 is 0 Å². The van der Waals surface area contributed by atoms with Crippen molar-refractivity contribution in [3.8, 4) is 0 Å². The van der Waals surface area contributed by atoms with Crippen molar-refractivity contribution in [2.24, 2.45) is 5.73 Å². The van der Waals surface area contributed by atoms with Crippen LogP contribution in [0.3, 0.4) is 0 Å². The van der Waals surface area contributed by atoms with Crippen LogP contribution in [0.25, 0.3) is 0 Å². The molecule has 0 atom stereocenters. The van der Waals surface area contributed by atoms with Crippen LogP contribution in [0.2, 0.25) is 0 Å². The van der Waals surface area contributed by atoms with Crippen molar-refractivity contribution in [1.29, 1.82) is 0 Å². The average molecular weight is 172 g/mol. The highest BCUT2D eigenvalue weighted by atomic mass is 16.5. The van der Waals surface area contributed by atoms with Gasteiger partial charge in [0.25, 0.3) is 0 Å². The predicted molar refractivity (Wildman–Crippen MR) is 47.7 cm³/mol. The molecule has 0 fully saturated rings. The van der Waals surface area contributed by atoms with Gasteiger partial charge in [-0.25, -0.2) is 0 Å². The lowest BCUT2D eigenvalue weighted by Crippen LogP contribution is -2.23. The maximum absolute atomic E-state index is 10.3. The van der Waals surface area contributed by atoms with Gasteiger partial charge in [-0.05, 0) is 13.1 Å². The first-order valence-electron chi connectivity index (χ1n) is 3.80. The molecule has 0 saturated carbocycles. The van der Waals surface area contributed by atoms with E-state index in [1.54, 1.807) is 13.2 Å². The zero-order chi connectivity index (χ0) is 9.40. The summed E-state index contributed by atoms with van der Waals surface area (Å²) < 4.78 is 4.88. The van der Waals surface area contributed by atoms with E-state index in [1.807, 2.05) is 11.9 Å². The van der Waals surface area contributed by atoms with Gasteiger partial charge in [0, 0.05) is 20.2 Å². The zero-order valence-electron chi connectivity index (χ0n) is 7.62. The molecule has 0 aliphatic rings. The van der Waals surface area contributed by atoms with Gasteiger partial charge >= 0.3 is 0 Å². The fraction of sp³-hybridized carbons (Fsp3) is 0.625. The van der Waals surface area contributed by atoms with Crippen LogP contribution in [0.15, 0.2) is 12.2 Å². The Bertz CT molecular complexity index is 157. The molecule has 4 heteroatoms. The molecule has 0 aromatic carbocycles.